The fourth-order valence-electron chi connectivity index (χ4n) is 2.26. The summed E-state index contributed by atoms with van der Waals surface area (Å²) in [5.41, 5.74) is 2.97. The molecule has 1 unspecified atom stereocenters. The zero-order valence-corrected chi connectivity index (χ0v) is 11.4. The van der Waals surface area contributed by atoms with E-state index in [2.05, 4.69) is 0 Å². The number of benzene rings is 1. The Labute approximate surface area is 115 Å². The van der Waals surface area contributed by atoms with E-state index in [0.29, 0.717) is 11.6 Å². The van der Waals surface area contributed by atoms with Crippen LogP contribution in [0.15, 0.2) is 28.9 Å². The molecular formula is C14H12Cl2O2. The maximum absolute atomic E-state index is 6.50. The Morgan fingerprint density at radius 2 is 2.11 bits per heavy atom. The van der Waals surface area contributed by atoms with Gasteiger partial charge in [0.25, 0.3) is 0 Å². The molecule has 94 valence electrons. The van der Waals surface area contributed by atoms with Crippen molar-refractivity contribution in [3.63, 3.8) is 0 Å². The van der Waals surface area contributed by atoms with E-state index in [1.165, 1.54) is 0 Å². The molecule has 0 bridgehead atoms. The van der Waals surface area contributed by atoms with Crippen LogP contribution in [0.4, 0.5) is 0 Å². The van der Waals surface area contributed by atoms with Gasteiger partial charge in [0.2, 0.25) is 0 Å². The van der Waals surface area contributed by atoms with Crippen molar-refractivity contribution in [3.8, 4) is 5.75 Å². The van der Waals surface area contributed by atoms with Crippen LogP contribution in [-0.2, 0) is 6.42 Å². The molecular weight excluding hydrogens is 271 g/mol. The molecule has 18 heavy (non-hydrogen) atoms. The van der Waals surface area contributed by atoms with Gasteiger partial charge in [0.05, 0.1) is 18.2 Å². The molecule has 0 saturated carbocycles. The molecule has 4 heteroatoms. The number of alkyl halides is 1. The second-order valence-corrected chi connectivity index (χ2v) is 5.31. The van der Waals surface area contributed by atoms with Crippen LogP contribution >= 0.6 is 23.2 Å². The predicted octanol–water partition coefficient (Wildman–Crippen LogP) is 4.50. The second-order valence-electron chi connectivity index (χ2n) is 4.43. The van der Waals surface area contributed by atoms with Gasteiger partial charge in [-0.15, -0.1) is 11.6 Å². The highest BCUT2D eigenvalue weighted by atomic mass is 35.5. The lowest BCUT2D eigenvalue weighted by Gasteiger charge is -2.13. The van der Waals surface area contributed by atoms with Crippen molar-refractivity contribution in [3.05, 3.63) is 51.9 Å². The van der Waals surface area contributed by atoms with Crippen molar-refractivity contribution in [2.75, 3.05) is 6.61 Å². The van der Waals surface area contributed by atoms with Crippen LogP contribution in [0.1, 0.15) is 27.8 Å². The highest BCUT2D eigenvalue weighted by Crippen LogP contribution is 2.41. The van der Waals surface area contributed by atoms with Crippen LogP contribution in [0.5, 0.6) is 5.75 Å². The van der Waals surface area contributed by atoms with Crippen molar-refractivity contribution in [2.45, 2.75) is 18.7 Å². The number of aryl methyl sites for hydroxylation is 1. The molecule has 1 aromatic carbocycles. The van der Waals surface area contributed by atoms with Crippen molar-refractivity contribution < 1.29 is 9.15 Å². The molecule has 0 saturated heterocycles. The molecule has 0 aliphatic carbocycles. The first-order chi connectivity index (χ1) is 8.65. The lowest BCUT2D eigenvalue weighted by Crippen LogP contribution is -1.96. The summed E-state index contributed by atoms with van der Waals surface area (Å²) in [7, 11) is 0. The molecule has 1 aliphatic rings. The number of rotatable bonds is 2. The third kappa shape index (κ3) is 2.00. The molecule has 1 aliphatic heterocycles. The first kappa shape index (κ1) is 11.9. The average Bonchev–Trinajstić information content (AvgIpc) is 2.95. The average molecular weight is 283 g/mol. The van der Waals surface area contributed by atoms with Crippen LogP contribution in [0.25, 0.3) is 0 Å². The molecule has 0 spiro atoms. The minimum absolute atomic E-state index is 0.298. The number of ether oxygens (including phenoxy) is 1. The van der Waals surface area contributed by atoms with Gasteiger partial charge in [0.15, 0.2) is 0 Å². The van der Waals surface area contributed by atoms with E-state index in [0.717, 1.165) is 34.6 Å². The molecule has 2 aromatic rings. The van der Waals surface area contributed by atoms with E-state index in [4.69, 9.17) is 32.4 Å². The van der Waals surface area contributed by atoms with Gasteiger partial charge in [0, 0.05) is 22.6 Å². The monoisotopic (exact) mass is 282 g/mol. The highest BCUT2D eigenvalue weighted by Gasteiger charge is 2.24. The van der Waals surface area contributed by atoms with E-state index in [1.54, 1.807) is 6.26 Å². The maximum atomic E-state index is 6.50. The Balaban J connectivity index is 2.06. The Hall–Kier alpha value is -1.12. The summed E-state index contributed by atoms with van der Waals surface area (Å²) in [4.78, 5) is 0. The number of hydrogen-bond donors (Lipinski definition) is 0. The first-order valence-corrected chi connectivity index (χ1v) is 6.61. The van der Waals surface area contributed by atoms with Crippen LogP contribution in [0, 0.1) is 6.92 Å². The summed E-state index contributed by atoms with van der Waals surface area (Å²) in [6, 6.07) is 5.74. The quantitative estimate of drug-likeness (QED) is 0.757. The maximum Gasteiger partial charge on any atom is 0.127 e. The third-order valence-corrected chi connectivity index (χ3v) is 3.80. The van der Waals surface area contributed by atoms with Gasteiger partial charge < -0.3 is 9.15 Å². The Kier molecular flexibility index (Phi) is 3.00. The summed E-state index contributed by atoms with van der Waals surface area (Å²) in [6.07, 6.45) is 2.56. The Morgan fingerprint density at radius 3 is 2.83 bits per heavy atom. The minimum Gasteiger partial charge on any atom is -0.493 e. The van der Waals surface area contributed by atoms with Gasteiger partial charge in [0.1, 0.15) is 11.5 Å². The molecule has 0 fully saturated rings. The predicted molar refractivity (Wildman–Crippen MR) is 71.8 cm³/mol. The number of fused-ring (bicyclic) bond motifs is 1. The van der Waals surface area contributed by atoms with Crippen molar-refractivity contribution >= 4 is 23.2 Å². The molecule has 1 atom stereocenters. The van der Waals surface area contributed by atoms with Gasteiger partial charge in [-0.3, -0.25) is 0 Å². The van der Waals surface area contributed by atoms with E-state index in [1.807, 2.05) is 25.1 Å². The van der Waals surface area contributed by atoms with Crippen molar-refractivity contribution in [2.24, 2.45) is 0 Å². The van der Waals surface area contributed by atoms with Crippen molar-refractivity contribution in [1.82, 2.24) is 0 Å². The summed E-state index contributed by atoms with van der Waals surface area (Å²) in [5.74, 6) is 1.72. The summed E-state index contributed by atoms with van der Waals surface area (Å²) in [6.45, 7) is 2.59. The first-order valence-electron chi connectivity index (χ1n) is 5.79. The van der Waals surface area contributed by atoms with Gasteiger partial charge >= 0.3 is 0 Å². The lowest BCUT2D eigenvalue weighted by atomic mass is 10.0. The zero-order chi connectivity index (χ0) is 12.7. The van der Waals surface area contributed by atoms with E-state index >= 15 is 0 Å². The second kappa shape index (κ2) is 4.52. The van der Waals surface area contributed by atoms with E-state index in [-0.39, 0.29) is 5.38 Å². The molecule has 3 rings (SSSR count). The van der Waals surface area contributed by atoms with E-state index < -0.39 is 0 Å². The standard InChI is InChI=1S/C14H12Cl2O2/c1-8-4-10(7-18-8)13(16)12-6-11(15)5-9-2-3-17-14(9)12/h4-7,13H,2-3H2,1H3. The molecule has 2 nitrogen and oxygen atoms in total. The summed E-state index contributed by atoms with van der Waals surface area (Å²) < 4.78 is 11.0. The van der Waals surface area contributed by atoms with Gasteiger partial charge in [-0.25, -0.2) is 0 Å². The van der Waals surface area contributed by atoms with Crippen LogP contribution in [-0.4, -0.2) is 6.61 Å². The smallest absolute Gasteiger partial charge is 0.127 e. The highest BCUT2D eigenvalue weighted by molar-refractivity contribution is 6.31. The SMILES string of the molecule is Cc1cc(C(Cl)c2cc(Cl)cc3c2OCC3)co1. The zero-order valence-electron chi connectivity index (χ0n) is 9.87. The fraction of sp³-hybridized carbons (Fsp3) is 0.286. The third-order valence-electron chi connectivity index (χ3n) is 3.09. The molecule has 1 aromatic heterocycles. The van der Waals surface area contributed by atoms with E-state index in [9.17, 15) is 0 Å². The normalized spacial score (nSPS) is 15.3. The van der Waals surface area contributed by atoms with Crippen LogP contribution < -0.4 is 4.74 Å². The number of furan rings is 1. The summed E-state index contributed by atoms with van der Waals surface area (Å²) >= 11 is 12.6. The Morgan fingerprint density at radius 1 is 1.28 bits per heavy atom. The van der Waals surface area contributed by atoms with Crippen LogP contribution in [0.3, 0.4) is 0 Å². The van der Waals surface area contributed by atoms with Gasteiger partial charge in [-0.2, -0.15) is 0 Å². The number of hydrogen-bond acceptors (Lipinski definition) is 2. The topological polar surface area (TPSA) is 22.4 Å². The molecule has 0 amide bonds. The summed E-state index contributed by atoms with van der Waals surface area (Å²) in [5, 5.41) is 0.396. The minimum atomic E-state index is -0.298. The molecule has 0 radical (unpaired) electrons. The van der Waals surface area contributed by atoms with Gasteiger partial charge in [-0.05, 0) is 30.7 Å². The largest absolute Gasteiger partial charge is 0.493 e. The molecule has 2 heterocycles. The van der Waals surface area contributed by atoms with Crippen molar-refractivity contribution in [1.29, 1.82) is 0 Å². The van der Waals surface area contributed by atoms with Gasteiger partial charge in [-0.1, -0.05) is 11.6 Å². The number of halogens is 2. The Bertz CT molecular complexity index is 589. The van der Waals surface area contributed by atoms with Crippen LogP contribution in [0.2, 0.25) is 5.02 Å². The fourth-order valence-corrected chi connectivity index (χ4v) is 2.79. The lowest BCUT2D eigenvalue weighted by molar-refractivity contribution is 0.353. The molecule has 0 N–H and O–H groups in total.